The molecule has 10 heteroatoms. The third kappa shape index (κ3) is 3.85. The number of carbonyl (C=O) groups is 2. The fourth-order valence-electron chi connectivity index (χ4n) is 2.30. The molecule has 28 heavy (non-hydrogen) atoms. The highest BCUT2D eigenvalue weighted by Gasteiger charge is 2.37. The lowest BCUT2D eigenvalue weighted by Gasteiger charge is -2.10. The summed E-state index contributed by atoms with van der Waals surface area (Å²) >= 11 is 0. The van der Waals surface area contributed by atoms with Crippen LogP contribution in [-0.2, 0) is 9.53 Å². The molecule has 7 nitrogen and oxygen atoms in total. The molecular weight excluding hydrogens is 381 g/mol. The zero-order chi connectivity index (χ0) is 21.0. The zero-order valence-electron chi connectivity index (χ0n) is 14.6. The van der Waals surface area contributed by atoms with Crippen LogP contribution >= 0.6 is 0 Å². The number of hydrogen-bond acceptors (Lipinski definition) is 6. The maximum absolute atomic E-state index is 14.5. The first kappa shape index (κ1) is 20.6. The number of nitro benzene ring substituents is 1. The van der Waals surface area contributed by atoms with Crippen LogP contribution in [0.2, 0.25) is 0 Å². The van der Waals surface area contributed by atoms with Crippen LogP contribution in [-0.4, -0.2) is 23.8 Å². The number of halogens is 3. The summed E-state index contributed by atoms with van der Waals surface area (Å²) in [6.45, 7) is 0.804. The molecule has 0 bridgehead atoms. The van der Waals surface area contributed by atoms with E-state index in [4.69, 9.17) is 0 Å². The van der Waals surface area contributed by atoms with Crippen molar-refractivity contribution in [3.05, 3.63) is 80.8 Å². The number of esters is 1. The van der Waals surface area contributed by atoms with Crippen molar-refractivity contribution in [2.45, 2.75) is 6.92 Å². The second-order valence-corrected chi connectivity index (χ2v) is 5.44. The third-order valence-corrected chi connectivity index (χ3v) is 3.73. The Morgan fingerprint density at radius 2 is 1.71 bits per heavy atom. The lowest BCUT2D eigenvalue weighted by atomic mass is 9.98. The number of carbonyl (C=O) groups excluding carboxylic acids is 2. The fourth-order valence-corrected chi connectivity index (χ4v) is 2.30. The summed E-state index contributed by atoms with van der Waals surface area (Å²) in [5, 5.41) is 13.7. The summed E-state index contributed by atoms with van der Waals surface area (Å²) in [5.74, 6) is -8.25. The number of nitrogens with one attached hydrogen (secondary N) is 1. The molecule has 0 amide bonds. The Bertz CT molecular complexity index is 991. The highest BCUT2D eigenvalue weighted by molar-refractivity contribution is 6.25. The molecule has 2 rings (SSSR count). The monoisotopic (exact) mass is 394 g/mol. The van der Waals surface area contributed by atoms with Crippen LogP contribution in [0.4, 0.5) is 24.5 Å². The lowest BCUT2D eigenvalue weighted by Crippen LogP contribution is -2.20. The molecule has 0 spiro atoms. The maximum Gasteiger partial charge on any atom is 0.343 e. The van der Waals surface area contributed by atoms with Crippen LogP contribution < -0.4 is 5.32 Å². The number of methoxy groups -OCH3 is 1. The molecule has 0 aromatic heterocycles. The maximum atomic E-state index is 14.5. The van der Waals surface area contributed by atoms with Gasteiger partial charge in [0, 0.05) is 17.5 Å². The van der Waals surface area contributed by atoms with Gasteiger partial charge in [0.1, 0.15) is 17.0 Å². The first-order valence-corrected chi connectivity index (χ1v) is 7.66. The number of Topliss-reactive ketones (excluding diaryl/α,β-unsaturated/α-hetero) is 1. The van der Waals surface area contributed by atoms with Crippen molar-refractivity contribution in [1.29, 1.82) is 0 Å². The van der Waals surface area contributed by atoms with Gasteiger partial charge in [0.15, 0.2) is 5.82 Å². The number of anilines is 1. The van der Waals surface area contributed by atoms with Gasteiger partial charge in [-0.15, -0.1) is 0 Å². The second-order valence-electron chi connectivity index (χ2n) is 5.44. The molecule has 0 aliphatic heterocycles. The molecule has 1 N–H and O–H groups in total. The number of hydrogen-bond donors (Lipinski definition) is 1. The van der Waals surface area contributed by atoms with E-state index in [-0.39, 0.29) is 0 Å². The van der Waals surface area contributed by atoms with Gasteiger partial charge in [-0.25, -0.2) is 13.6 Å². The predicted octanol–water partition coefficient (Wildman–Crippen LogP) is 3.67. The minimum atomic E-state index is -2.01. The van der Waals surface area contributed by atoms with E-state index >= 15 is 0 Å². The van der Waals surface area contributed by atoms with Gasteiger partial charge in [-0.05, 0) is 19.1 Å². The molecule has 2 aromatic rings. The topological polar surface area (TPSA) is 98.5 Å². The molecule has 0 unspecified atom stereocenters. The molecule has 2 aromatic carbocycles. The number of ketones is 1. The van der Waals surface area contributed by atoms with Crippen molar-refractivity contribution in [2.24, 2.45) is 0 Å². The van der Waals surface area contributed by atoms with Crippen molar-refractivity contribution >= 4 is 23.1 Å². The molecule has 146 valence electrons. The van der Waals surface area contributed by atoms with Crippen LogP contribution in [0.25, 0.3) is 0 Å². The van der Waals surface area contributed by atoms with E-state index in [2.05, 4.69) is 10.1 Å². The van der Waals surface area contributed by atoms with Crippen LogP contribution in [0, 0.1) is 34.5 Å². The Morgan fingerprint density at radius 1 is 1.11 bits per heavy atom. The van der Waals surface area contributed by atoms with Crippen molar-refractivity contribution in [3.63, 3.8) is 0 Å². The number of nitro groups is 1. The predicted molar refractivity (Wildman–Crippen MR) is 92.2 cm³/mol. The molecule has 0 radical (unpaired) electrons. The number of rotatable bonds is 6. The van der Waals surface area contributed by atoms with Gasteiger partial charge in [0.25, 0.3) is 0 Å². The number of para-hydroxylation sites is 1. The zero-order valence-corrected chi connectivity index (χ0v) is 14.6. The summed E-state index contributed by atoms with van der Waals surface area (Å²) in [6.07, 6.45) is 0.837. The second kappa shape index (κ2) is 8.33. The Morgan fingerprint density at radius 3 is 2.25 bits per heavy atom. The number of benzene rings is 2. The van der Waals surface area contributed by atoms with Crippen LogP contribution in [0.1, 0.15) is 15.9 Å². The van der Waals surface area contributed by atoms with E-state index in [1.54, 1.807) is 30.3 Å². The van der Waals surface area contributed by atoms with Gasteiger partial charge in [-0.1, -0.05) is 18.2 Å². The van der Waals surface area contributed by atoms with Crippen LogP contribution in [0.3, 0.4) is 0 Å². The van der Waals surface area contributed by atoms with Gasteiger partial charge in [-0.2, -0.15) is 4.39 Å². The average Bonchev–Trinajstić information content (AvgIpc) is 2.69. The quantitative estimate of drug-likeness (QED) is 0.117. The molecule has 0 atom stereocenters. The Kier molecular flexibility index (Phi) is 6.14. The van der Waals surface area contributed by atoms with E-state index in [0.29, 0.717) is 5.69 Å². The van der Waals surface area contributed by atoms with Gasteiger partial charge in [-0.3, -0.25) is 14.9 Å². The van der Waals surface area contributed by atoms with E-state index in [9.17, 15) is 32.9 Å². The Balaban J connectivity index is 2.65. The number of ether oxygens (including phenoxy) is 1. The third-order valence-electron chi connectivity index (χ3n) is 3.73. The molecule has 0 aliphatic rings. The highest BCUT2D eigenvalue weighted by Crippen LogP contribution is 2.32. The summed E-state index contributed by atoms with van der Waals surface area (Å²) in [5.41, 5.74) is -4.45. The van der Waals surface area contributed by atoms with Crippen LogP contribution in [0.5, 0.6) is 0 Å². The molecule has 0 aliphatic carbocycles. The molecule has 0 heterocycles. The van der Waals surface area contributed by atoms with Gasteiger partial charge < -0.3 is 10.1 Å². The summed E-state index contributed by atoms with van der Waals surface area (Å²) in [4.78, 5) is 34.3. The minimum Gasteiger partial charge on any atom is -0.465 e. The molecule has 0 saturated heterocycles. The normalized spacial score (nSPS) is 11.1. The number of nitrogens with zero attached hydrogens (tertiary/aromatic N) is 1. The Labute approximate surface area is 156 Å². The molecule has 0 saturated carbocycles. The summed E-state index contributed by atoms with van der Waals surface area (Å²) in [6, 6.07) is 8.11. The molecule has 0 fully saturated rings. The minimum absolute atomic E-state index is 0.424. The van der Waals surface area contributed by atoms with E-state index < -0.39 is 56.5 Å². The van der Waals surface area contributed by atoms with Crippen LogP contribution in [0.15, 0.2) is 42.1 Å². The highest BCUT2D eigenvalue weighted by atomic mass is 19.2. The standard InChI is InChI=1S/C18H13F3N2O5/c1-9-13(19)12(16(23(26)27)15(21)14(9)20)17(24)11(18(25)28-2)8-22-10-6-4-3-5-7-10/h3-8,22H,1-2H3. The lowest BCUT2D eigenvalue weighted by molar-refractivity contribution is -0.388. The first-order valence-electron chi connectivity index (χ1n) is 7.66. The first-order chi connectivity index (χ1) is 13.2. The van der Waals surface area contributed by atoms with Gasteiger partial charge in [0.2, 0.25) is 11.6 Å². The smallest absolute Gasteiger partial charge is 0.343 e. The van der Waals surface area contributed by atoms with Crippen molar-refractivity contribution in [3.8, 4) is 0 Å². The van der Waals surface area contributed by atoms with Crippen molar-refractivity contribution in [1.82, 2.24) is 0 Å². The Hall–Kier alpha value is -3.69. The van der Waals surface area contributed by atoms with Gasteiger partial charge >= 0.3 is 11.7 Å². The van der Waals surface area contributed by atoms with E-state index in [1.165, 1.54) is 0 Å². The summed E-state index contributed by atoms with van der Waals surface area (Å²) in [7, 11) is 0.924. The molecular formula is C18H13F3N2O5. The largest absolute Gasteiger partial charge is 0.465 e. The van der Waals surface area contributed by atoms with Gasteiger partial charge in [0.05, 0.1) is 12.0 Å². The fraction of sp³-hybridized carbons (Fsp3) is 0.111. The van der Waals surface area contributed by atoms with E-state index in [0.717, 1.165) is 20.2 Å². The SMILES string of the molecule is COC(=O)C(=CNc1ccccc1)C(=O)c1c(F)c(C)c(F)c(F)c1[N+](=O)[O-]. The van der Waals surface area contributed by atoms with E-state index in [1.807, 2.05) is 0 Å². The van der Waals surface area contributed by atoms with Crippen molar-refractivity contribution in [2.75, 3.05) is 12.4 Å². The summed E-state index contributed by atoms with van der Waals surface area (Å²) < 4.78 is 46.6. The average molecular weight is 394 g/mol. The van der Waals surface area contributed by atoms with Crippen molar-refractivity contribution < 1.29 is 32.4 Å².